The molecule has 1 aromatic heterocycles. The van der Waals surface area contributed by atoms with Crippen LogP contribution in [0.3, 0.4) is 0 Å². The second-order valence-electron chi connectivity index (χ2n) is 6.71. The molecule has 2 saturated heterocycles. The first-order valence-corrected chi connectivity index (χ1v) is 7.50. The molecule has 5 nitrogen and oxygen atoms in total. The monoisotopic (exact) mass is 274 g/mol. The maximum Gasteiger partial charge on any atom is 0.153 e. The van der Waals surface area contributed by atoms with Crippen LogP contribution in [0.4, 0.5) is 0 Å². The van der Waals surface area contributed by atoms with Crippen molar-refractivity contribution in [3.63, 3.8) is 0 Å². The van der Waals surface area contributed by atoms with Gasteiger partial charge in [0.15, 0.2) is 5.75 Å². The number of hydrogen-bond acceptors (Lipinski definition) is 5. The van der Waals surface area contributed by atoms with Crippen LogP contribution in [0.15, 0.2) is 6.07 Å². The van der Waals surface area contributed by atoms with E-state index in [1.54, 1.807) is 0 Å². The van der Waals surface area contributed by atoms with Crippen molar-refractivity contribution in [2.45, 2.75) is 32.2 Å². The highest BCUT2D eigenvalue weighted by Crippen LogP contribution is 2.39. The molecule has 2 aliphatic heterocycles. The minimum atomic E-state index is 0.596. The van der Waals surface area contributed by atoms with Crippen molar-refractivity contribution in [1.29, 1.82) is 0 Å². The molecule has 1 atom stereocenters. The highest BCUT2D eigenvalue weighted by Gasteiger charge is 2.49. The van der Waals surface area contributed by atoms with Crippen LogP contribution in [0.2, 0.25) is 0 Å². The summed E-state index contributed by atoms with van der Waals surface area (Å²) >= 11 is 0. The zero-order valence-corrected chi connectivity index (χ0v) is 12.0. The van der Waals surface area contributed by atoms with Crippen LogP contribution < -0.4 is 16.1 Å². The molecule has 3 heterocycles. The highest BCUT2D eigenvalue weighted by atomic mass is 16.6. The van der Waals surface area contributed by atoms with Gasteiger partial charge in [0.05, 0.1) is 0 Å². The molecule has 1 spiro atoms. The number of nitrogens with zero attached hydrogens (tertiary/aromatic N) is 2. The van der Waals surface area contributed by atoms with Crippen molar-refractivity contribution in [3.05, 3.63) is 23.0 Å². The SMILES string of the molecule is Cc1cc(ON)c2c(n1)CCC(N1CC3(CNC3)C1)C2. The van der Waals surface area contributed by atoms with E-state index < -0.39 is 0 Å². The van der Waals surface area contributed by atoms with Gasteiger partial charge >= 0.3 is 0 Å². The molecule has 0 amide bonds. The average molecular weight is 274 g/mol. The fourth-order valence-corrected chi connectivity index (χ4v) is 3.99. The molecular weight excluding hydrogens is 252 g/mol. The van der Waals surface area contributed by atoms with E-state index in [1.807, 2.05) is 13.0 Å². The highest BCUT2D eigenvalue weighted by molar-refractivity contribution is 5.40. The van der Waals surface area contributed by atoms with E-state index in [2.05, 4.69) is 15.2 Å². The Kier molecular flexibility index (Phi) is 2.77. The first-order valence-electron chi connectivity index (χ1n) is 7.50. The van der Waals surface area contributed by atoms with Gasteiger partial charge in [-0.15, -0.1) is 0 Å². The molecule has 108 valence electrons. The lowest BCUT2D eigenvalue weighted by Crippen LogP contribution is -2.72. The molecule has 1 aliphatic carbocycles. The fourth-order valence-electron chi connectivity index (χ4n) is 3.99. The largest absolute Gasteiger partial charge is 0.411 e. The van der Waals surface area contributed by atoms with Crippen LogP contribution >= 0.6 is 0 Å². The van der Waals surface area contributed by atoms with E-state index in [4.69, 9.17) is 10.7 Å². The van der Waals surface area contributed by atoms with Crippen molar-refractivity contribution < 1.29 is 4.84 Å². The second-order valence-corrected chi connectivity index (χ2v) is 6.71. The number of rotatable bonds is 2. The minimum Gasteiger partial charge on any atom is -0.411 e. The Morgan fingerprint density at radius 2 is 2.25 bits per heavy atom. The predicted molar refractivity (Wildman–Crippen MR) is 76.5 cm³/mol. The molecule has 4 rings (SSSR count). The van der Waals surface area contributed by atoms with Crippen LogP contribution in [0.1, 0.15) is 23.4 Å². The van der Waals surface area contributed by atoms with E-state index in [9.17, 15) is 0 Å². The topological polar surface area (TPSA) is 63.4 Å². The van der Waals surface area contributed by atoms with Gasteiger partial charge in [0.1, 0.15) is 0 Å². The Bertz CT molecular complexity index is 516. The van der Waals surface area contributed by atoms with Gasteiger partial charge in [-0.05, 0) is 26.2 Å². The van der Waals surface area contributed by atoms with E-state index in [-0.39, 0.29) is 0 Å². The molecule has 0 saturated carbocycles. The Labute approximate surface area is 119 Å². The summed E-state index contributed by atoms with van der Waals surface area (Å²) in [5, 5.41) is 3.39. The molecular formula is C15H22N4O. The predicted octanol–water partition coefficient (Wildman–Crippen LogP) is 0.405. The van der Waals surface area contributed by atoms with Crippen molar-refractivity contribution in [1.82, 2.24) is 15.2 Å². The summed E-state index contributed by atoms with van der Waals surface area (Å²) in [5.74, 6) is 6.25. The lowest BCUT2D eigenvalue weighted by atomic mass is 9.72. The third-order valence-corrected chi connectivity index (χ3v) is 5.17. The summed E-state index contributed by atoms with van der Waals surface area (Å²) in [6.45, 7) is 6.89. The summed E-state index contributed by atoms with van der Waals surface area (Å²) in [7, 11) is 0. The molecule has 0 radical (unpaired) electrons. The molecule has 20 heavy (non-hydrogen) atoms. The third-order valence-electron chi connectivity index (χ3n) is 5.17. The Morgan fingerprint density at radius 1 is 1.45 bits per heavy atom. The van der Waals surface area contributed by atoms with E-state index in [0.29, 0.717) is 11.5 Å². The Hall–Kier alpha value is -1.17. The molecule has 2 fully saturated rings. The summed E-state index contributed by atoms with van der Waals surface area (Å²) < 4.78 is 0. The van der Waals surface area contributed by atoms with E-state index >= 15 is 0 Å². The van der Waals surface area contributed by atoms with Crippen LogP contribution in [-0.2, 0) is 12.8 Å². The molecule has 0 aromatic carbocycles. The first-order chi connectivity index (χ1) is 9.69. The summed E-state index contributed by atoms with van der Waals surface area (Å²) in [5.41, 5.74) is 3.99. The number of aromatic nitrogens is 1. The lowest BCUT2D eigenvalue weighted by molar-refractivity contribution is -0.0676. The van der Waals surface area contributed by atoms with Gasteiger partial charge in [0.2, 0.25) is 0 Å². The van der Waals surface area contributed by atoms with Crippen molar-refractivity contribution in [3.8, 4) is 5.75 Å². The van der Waals surface area contributed by atoms with Gasteiger partial charge in [-0.3, -0.25) is 9.88 Å². The third kappa shape index (κ3) is 1.84. The van der Waals surface area contributed by atoms with Gasteiger partial charge in [-0.2, -0.15) is 5.90 Å². The van der Waals surface area contributed by atoms with Gasteiger partial charge in [-0.1, -0.05) is 0 Å². The second kappa shape index (κ2) is 4.41. The number of hydrogen-bond donors (Lipinski definition) is 2. The van der Waals surface area contributed by atoms with Crippen molar-refractivity contribution in [2.24, 2.45) is 11.3 Å². The van der Waals surface area contributed by atoms with Crippen molar-refractivity contribution in [2.75, 3.05) is 26.2 Å². The lowest BCUT2D eigenvalue weighted by Gasteiger charge is -2.59. The quantitative estimate of drug-likeness (QED) is 0.765. The number of aryl methyl sites for hydroxylation is 2. The molecule has 5 heteroatoms. The zero-order chi connectivity index (χ0) is 13.7. The van der Waals surface area contributed by atoms with Gasteiger partial charge in [0, 0.05) is 60.7 Å². The summed E-state index contributed by atoms with van der Waals surface area (Å²) in [6, 6.07) is 2.58. The average Bonchev–Trinajstić information content (AvgIpc) is 2.34. The smallest absolute Gasteiger partial charge is 0.153 e. The molecule has 0 bridgehead atoms. The van der Waals surface area contributed by atoms with Crippen LogP contribution in [0, 0.1) is 12.3 Å². The van der Waals surface area contributed by atoms with Crippen LogP contribution in [0.25, 0.3) is 0 Å². The van der Waals surface area contributed by atoms with Gasteiger partial charge in [0.25, 0.3) is 0 Å². The van der Waals surface area contributed by atoms with Crippen LogP contribution in [0.5, 0.6) is 5.75 Å². The maximum absolute atomic E-state index is 5.43. The Balaban J connectivity index is 1.51. The van der Waals surface area contributed by atoms with E-state index in [1.165, 1.54) is 43.9 Å². The number of fused-ring (bicyclic) bond motifs is 1. The number of pyridine rings is 1. The number of nitrogens with one attached hydrogen (secondary N) is 1. The fraction of sp³-hybridized carbons (Fsp3) is 0.667. The summed E-state index contributed by atoms with van der Waals surface area (Å²) in [4.78, 5) is 12.4. The number of nitrogens with two attached hydrogens (primary N) is 1. The summed E-state index contributed by atoms with van der Waals surface area (Å²) in [6.07, 6.45) is 3.27. The number of likely N-dealkylation sites (tertiary alicyclic amines) is 1. The molecule has 1 unspecified atom stereocenters. The molecule has 3 aliphatic rings. The zero-order valence-electron chi connectivity index (χ0n) is 12.0. The van der Waals surface area contributed by atoms with E-state index in [0.717, 1.165) is 24.3 Å². The van der Waals surface area contributed by atoms with Crippen molar-refractivity contribution >= 4 is 0 Å². The van der Waals surface area contributed by atoms with Gasteiger partial charge in [-0.25, -0.2) is 0 Å². The van der Waals surface area contributed by atoms with Crippen LogP contribution in [-0.4, -0.2) is 42.1 Å². The normalized spacial score (nSPS) is 27.6. The Morgan fingerprint density at radius 3 is 2.90 bits per heavy atom. The maximum atomic E-state index is 5.43. The first kappa shape index (κ1) is 12.6. The molecule has 3 N–H and O–H groups in total. The molecule has 1 aromatic rings. The standard InChI is InChI=1S/C15H22N4O/c1-10-4-14(20-16)12-5-11(2-3-13(12)18-10)19-8-15(9-19)6-17-7-15/h4,11,17H,2-3,5-9,16H2,1H3. The minimum absolute atomic E-state index is 0.596. The van der Waals surface area contributed by atoms with Gasteiger partial charge < -0.3 is 10.2 Å².